The summed E-state index contributed by atoms with van der Waals surface area (Å²) < 4.78 is 9.52. The molecule has 0 amide bonds. The van der Waals surface area contributed by atoms with E-state index in [1.807, 2.05) is 0 Å². The van der Waals surface area contributed by atoms with Gasteiger partial charge < -0.3 is 29.9 Å². The second kappa shape index (κ2) is 8.28. The summed E-state index contributed by atoms with van der Waals surface area (Å²) in [5, 5.41) is 35.2. The Labute approximate surface area is 137 Å². The molecule has 2 rings (SSSR count). The van der Waals surface area contributed by atoms with E-state index in [1.54, 1.807) is 0 Å². The zero-order valence-electron chi connectivity index (χ0n) is 12.9. The molecule has 0 unspecified atom stereocenters. The van der Waals surface area contributed by atoms with E-state index in [-0.39, 0.29) is 34.1 Å². The largest absolute Gasteiger partial charge is 0.508 e. The van der Waals surface area contributed by atoms with Crippen LogP contribution in [0, 0.1) is 0 Å². The molecule has 24 heavy (non-hydrogen) atoms. The van der Waals surface area contributed by atoms with Crippen molar-refractivity contribution in [3.05, 3.63) is 47.5 Å². The molecule has 0 aliphatic carbocycles. The van der Waals surface area contributed by atoms with Crippen molar-refractivity contribution >= 4 is 11.9 Å². The first-order valence-electron chi connectivity index (χ1n) is 6.50. The fraction of sp³-hybridized carbons (Fsp3) is 0.125. The second-order valence-electron chi connectivity index (χ2n) is 4.38. The first-order chi connectivity index (χ1) is 11.3. The van der Waals surface area contributed by atoms with E-state index in [9.17, 15) is 9.59 Å². The summed E-state index contributed by atoms with van der Waals surface area (Å²) in [4.78, 5) is 21.1. The van der Waals surface area contributed by atoms with Gasteiger partial charge in [-0.1, -0.05) is 0 Å². The van der Waals surface area contributed by atoms with E-state index in [1.165, 1.54) is 44.6 Å². The molecule has 0 aliphatic heterocycles. The Morgan fingerprint density at radius 2 is 1.25 bits per heavy atom. The number of phenolic OH excluding ortho intramolecular Hbond substituents is 2. The number of carboxylic acid groups (broad SMARTS) is 2. The van der Waals surface area contributed by atoms with Crippen LogP contribution in [0.5, 0.6) is 23.0 Å². The van der Waals surface area contributed by atoms with Gasteiger partial charge in [-0.05, 0) is 30.3 Å². The van der Waals surface area contributed by atoms with E-state index in [0.29, 0.717) is 0 Å². The molecule has 2 aromatic carbocycles. The molecule has 8 nitrogen and oxygen atoms in total. The molecule has 0 radical (unpaired) electrons. The average Bonchev–Trinajstić information content (AvgIpc) is 2.54. The van der Waals surface area contributed by atoms with Crippen molar-refractivity contribution in [2.24, 2.45) is 0 Å². The van der Waals surface area contributed by atoms with Crippen LogP contribution in [0.4, 0.5) is 0 Å². The zero-order valence-corrected chi connectivity index (χ0v) is 12.9. The number of ether oxygens (including phenoxy) is 2. The molecule has 0 saturated carbocycles. The molecule has 0 aliphatic rings. The predicted octanol–water partition coefficient (Wildman–Crippen LogP) is 2.20. The van der Waals surface area contributed by atoms with Crippen molar-refractivity contribution in [3.63, 3.8) is 0 Å². The van der Waals surface area contributed by atoms with Crippen molar-refractivity contribution in [1.29, 1.82) is 0 Å². The van der Waals surface area contributed by atoms with Crippen LogP contribution in [0.15, 0.2) is 36.4 Å². The molecule has 0 aromatic heterocycles. The fourth-order valence-corrected chi connectivity index (χ4v) is 1.72. The highest BCUT2D eigenvalue weighted by atomic mass is 16.5. The Kier molecular flexibility index (Phi) is 6.42. The maximum absolute atomic E-state index is 10.5. The highest BCUT2D eigenvalue weighted by molar-refractivity contribution is 5.91. The van der Waals surface area contributed by atoms with Crippen LogP contribution in [0.25, 0.3) is 0 Å². The summed E-state index contributed by atoms with van der Waals surface area (Å²) in [6.07, 6.45) is 0. The van der Waals surface area contributed by atoms with E-state index in [4.69, 9.17) is 29.9 Å². The van der Waals surface area contributed by atoms with Gasteiger partial charge in [0.15, 0.2) is 0 Å². The number of aromatic carboxylic acids is 2. The van der Waals surface area contributed by atoms with Crippen molar-refractivity contribution in [1.82, 2.24) is 0 Å². The summed E-state index contributed by atoms with van der Waals surface area (Å²) in [5.74, 6) is -1.91. The third-order valence-corrected chi connectivity index (χ3v) is 2.83. The van der Waals surface area contributed by atoms with Gasteiger partial charge in [0.25, 0.3) is 0 Å². The van der Waals surface area contributed by atoms with Gasteiger partial charge in [-0.25, -0.2) is 9.59 Å². The van der Waals surface area contributed by atoms with Crippen LogP contribution >= 0.6 is 0 Å². The lowest BCUT2D eigenvalue weighted by Crippen LogP contribution is -1.99. The normalized spacial score (nSPS) is 9.42. The van der Waals surface area contributed by atoms with Crippen molar-refractivity contribution < 1.29 is 39.5 Å². The van der Waals surface area contributed by atoms with Gasteiger partial charge in [-0.15, -0.1) is 0 Å². The fourth-order valence-electron chi connectivity index (χ4n) is 1.72. The average molecular weight is 336 g/mol. The Morgan fingerprint density at radius 3 is 1.75 bits per heavy atom. The summed E-state index contributed by atoms with van der Waals surface area (Å²) in [7, 11) is 2.72. The number of carbonyl (C=O) groups is 2. The van der Waals surface area contributed by atoms with E-state index < -0.39 is 11.9 Å². The van der Waals surface area contributed by atoms with Crippen molar-refractivity contribution in [2.75, 3.05) is 14.2 Å². The number of benzene rings is 2. The SMILES string of the molecule is COc1cc(O)ccc1C(=O)O.COc1ccc(O)cc1C(=O)O. The third-order valence-electron chi connectivity index (χ3n) is 2.83. The molecule has 4 N–H and O–H groups in total. The molecule has 0 saturated heterocycles. The molecule has 8 heteroatoms. The Bertz CT molecular complexity index is 739. The van der Waals surface area contributed by atoms with Gasteiger partial charge in [-0.2, -0.15) is 0 Å². The number of hydrogen-bond donors (Lipinski definition) is 4. The minimum Gasteiger partial charge on any atom is -0.508 e. The number of methoxy groups -OCH3 is 2. The van der Waals surface area contributed by atoms with Gasteiger partial charge in [0, 0.05) is 6.07 Å². The molecular weight excluding hydrogens is 320 g/mol. The highest BCUT2D eigenvalue weighted by Gasteiger charge is 2.11. The monoisotopic (exact) mass is 336 g/mol. The highest BCUT2D eigenvalue weighted by Crippen LogP contribution is 2.23. The number of phenols is 2. The molecule has 0 spiro atoms. The first kappa shape index (κ1) is 18.6. The topological polar surface area (TPSA) is 134 Å². The summed E-state index contributed by atoms with van der Waals surface area (Å²) in [5.41, 5.74) is -0.00667. The Balaban J connectivity index is 0.000000240. The minimum atomic E-state index is -1.12. The van der Waals surface area contributed by atoms with Crippen LogP contribution in [0.1, 0.15) is 20.7 Å². The quantitative estimate of drug-likeness (QED) is 0.667. The summed E-state index contributed by atoms with van der Waals surface area (Å²) in [6.45, 7) is 0. The van der Waals surface area contributed by atoms with E-state index in [0.717, 1.165) is 6.07 Å². The summed E-state index contributed by atoms with van der Waals surface area (Å²) in [6, 6.07) is 7.75. The molecule has 0 fully saturated rings. The number of aromatic hydroxyl groups is 2. The number of carboxylic acids is 2. The molecule has 0 heterocycles. The molecule has 0 atom stereocenters. The standard InChI is InChI=1S/2C8H8O4/c1-12-7-3-2-5(9)4-6(7)8(10)11;1-12-7-4-5(9)2-3-6(7)8(10)11/h2*2-4,9H,1H3,(H,10,11). The molecule has 128 valence electrons. The van der Waals surface area contributed by atoms with Gasteiger partial charge >= 0.3 is 11.9 Å². The van der Waals surface area contributed by atoms with Crippen molar-refractivity contribution in [3.8, 4) is 23.0 Å². The maximum atomic E-state index is 10.5. The van der Waals surface area contributed by atoms with Crippen LogP contribution in [0.2, 0.25) is 0 Å². The van der Waals surface area contributed by atoms with Gasteiger partial charge in [-0.3, -0.25) is 0 Å². The lowest BCUT2D eigenvalue weighted by atomic mass is 10.2. The molecular formula is C16H16O8. The van der Waals surface area contributed by atoms with Crippen LogP contribution in [0.3, 0.4) is 0 Å². The minimum absolute atomic E-state index is 0.0168. The third kappa shape index (κ3) is 4.80. The van der Waals surface area contributed by atoms with Gasteiger partial charge in [0.05, 0.1) is 14.2 Å². The maximum Gasteiger partial charge on any atom is 0.339 e. The zero-order chi connectivity index (χ0) is 18.3. The van der Waals surface area contributed by atoms with Gasteiger partial charge in [0.1, 0.15) is 34.1 Å². The van der Waals surface area contributed by atoms with Gasteiger partial charge in [0.2, 0.25) is 0 Å². The first-order valence-corrected chi connectivity index (χ1v) is 6.50. The number of rotatable bonds is 4. The lowest BCUT2D eigenvalue weighted by Gasteiger charge is -2.03. The predicted molar refractivity (Wildman–Crippen MR) is 83.2 cm³/mol. The van der Waals surface area contributed by atoms with Crippen LogP contribution < -0.4 is 9.47 Å². The summed E-state index contributed by atoms with van der Waals surface area (Å²) >= 11 is 0. The Hall–Kier alpha value is -3.42. The smallest absolute Gasteiger partial charge is 0.339 e. The number of hydrogen-bond acceptors (Lipinski definition) is 6. The van der Waals surface area contributed by atoms with Crippen LogP contribution in [-0.2, 0) is 0 Å². The second-order valence-corrected chi connectivity index (χ2v) is 4.38. The molecule has 2 aromatic rings. The van der Waals surface area contributed by atoms with E-state index in [2.05, 4.69) is 0 Å². The lowest BCUT2D eigenvalue weighted by molar-refractivity contribution is 0.0682. The van der Waals surface area contributed by atoms with Crippen molar-refractivity contribution in [2.45, 2.75) is 0 Å². The molecule has 0 bridgehead atoms. The van der Waals surface area contributed by atoms with E-state index >= 15 is 0 Å². The Morgan fingerprint density at radius 1 is 0.750 bits per heavy atom. The van der Waals surface area contributed by atoms with Crippen LogP contribution in [-0.4, -0.2) is 46.6 Å².